The van der Waals surface area contributed by atoms with Gasteiger partial charge >= 0.3 is 11.9 Å². The molecule has 1 aromatic carbocycles. The summed E-state index contributed by atoms with van der Waals surface area (Å²) < 4.78 is 9.68. The van der Waals surface area contributed by atoms with Crippen LogP contribution in [0.5, 0.6) is 5.75 Å². The van der Waals surface area contributed by atoms with E-state index in [1.807, 2.05) is 0 Å². The molecule has 1 rings (SSSR count). The second-order valence-electron chi connectivity index (χ2n) is 3.35. The van der Waals surface area contributed by atoms with E-state index in [-0.39, 0.29) is 11.3 Å². The minimum Gasteiger partial charge on any atom is -0.496 e. The Morgan fingerprint density at radius 2 is 2.06 bits per heavy atom. The lowest BCUT2D eigenvalue weighted by Crippen LogP contribution is -2.24. The Labute approximate surface area is 97.9 Å². The normalized spacial score (nSPS) is 11.6. The van der Waals surface area contributed by atoms with Gasteiger partial charge in [-0.3, -0.25) is 0 Å². The standard InChI is InChI=1S/C11H13NO5/c1-6(10(13)14)17-11(15)8-5-7(12)3-4-9(8)16-2/h3-6H,12H2,1-2H3,(H,13,14). The van der Waals surface area contributed by atoms with E-state index in [1.54, 1.807) is 6.07 Å². The van der Waals surface area contributed by atoms with Crippen LogP contribution in [0.15, 0.2) is 18.2 Å². The third kappa shape index (κ3) is 3.10. The molecule has 3 N–H and O–H groups in total. The highest BCUT2D eigenvalue weighted by molar-refractivity contribution is 5.94. The number of ether oxygens (including phenoxy) is 2. The summed E-state index contributed by atoms with van der Waals surface area (Å²) in [7, 11) is 1.39. The Kier molecular flexibility index (Phi) is 3.92. The van der Waals surface area contributed by atoms with Crippen LogP contribution in [0, 0.1) is 0 Å². The van der Waals surface area contributed by atoms with Gasteiger partial charge in [0.05, 0.1) is 7.11 Å². The van der Waals surface area contributed by atoms with Crippen LogP contribution in [-0.2, 0) is 9.53 Å². The molecule has 0 bridgehead atoms. The minimum absolute atomic E-state index is 0.0978. The van der Waals surface area contributed by atoms with Crippen LogP contribution < -0.4 is 10.5 Å². The van der Waals surface area contributed by atoms with Crippen molar-refractivity contribution in [2.45, 2.75) is 13.0 Å². The molecule has 1 aromatic rings. The van der Waals surface area contributed by atoms with Gasteiger partial charge in [0.15, 0.2) is 6.10 Å². The minimum atomic E-state index is -1.23. The molecule has 0 aliphatic carbocycles. The number of nitrogens with two attached hydrogens (primary N) is 1. The van der Waals surface area contributed by atoms with Crippen LogP contribution in [0.1, 0.15) is 17.3 Å². The highest BCUT2D eigenvalue weighted by atomic mass is 16.6. The predicted octanol–water partition coefficient (Wildman–Crippen LogP) is 0.907. The van der Waals surface area contributed by atoms with Crippen molar-refractivity contribution in [3.8, 4) is 5.75 Å². The van der Waals surface area contributed by atoms with Gasteiger partial charge in [-0.2, -0.15) is 0 Å². The van der Waals surface area contributed by atoms with E-state index in [1.165, 1.54) is 26.2 Å². The number of nitrogen functional groups attached to an aromatic ring is 1. The van der Waals surface area contributed by atoms with Gasteiger partial charge in [0.2, 0.25) is 0 Å². The third-order valence-electron chi connectivity index (χ3n) is 2.08. The molecule has 0 saturated carbocycles. The molecule has 0 saturated heterocycles. The molecular formula is C11H13NO5. The van der Waals surface area contributed by atoms with Crippen molar-refractivity contribution >= 4 is 17.6 Å². The molecule has 0 spiro atoms. The highest BCUT2D eigenvalue weighted by Gasteiger charge is 2.20. The molecule has 0 fully saturated rings. The van der Waals surface area contributed by atoms with E-state index in [2.05, 4.69) is 0 Å². The number of aliphatic carboxylic acids is 1. The summed E-state index contributed by atoms with van der Waals surface area (Å²) in [5.74, 6) is -1.73. The van der Waals surface area contributed by atoms with Crippen LogP contribution in [0.2, 0.25) is 0 Å². The van der Waals surface area contributed by atoms with Gasteiger partial charge in [-0.1, -0.05) is 0 Å². The number of carbonyl (C=O) groups is 2. The summed E-state index contributed by atoms with van der Waals surface area (Å²) >= 11 is 0. The van der Waals surface area contributed by atoms with Gasteiger partial charge in [-0.15, -0.1) is 0 Å². The quantitative estimate of drug-likeness (QED) is 0.598. The Bertz CT molecular complexity index is 443. The van der Waals surface area contributed by atoms with Crippen molar-refractivity contribution in [2.24, 2.45) is 0 Å². The number of carboxylic acid groups (broad SMARTS) is 1. The fraction of sp³-hybridized carbons (Fsp3) is 0.273. The number of hydrogen-bond donors (Lipinski definition) is 2. The molecule has 0 radical (unpaired) electrons. The number of rotatable bonds is 4. The monoisotopic (exact) mass is 239 g/mol. The molecule has 0 heterocycles. The van der Waals surface area contributed by atoms with Crippen molar-refractivity contribution in [1.82, 2.24) is 0 Å². The SMILES string of the molecule is COc1ccc(N)cc1C(=O)OC(C)C(=O)O. The van der Waals surface area contributed by atoms with Gasteiger partial charge in [-0.25, -0.2) is 9.59 Å². The Balaban J connectivity index is 2.95. The second kappa shape index (κ2) is 5.20. The van der Waals surface area contributed by atoms with Gasteiger partial charge in [0.1, 0.15) is 11.3 Å². The lowest BCUT2D eigenvalue weighted by Gasteiger charge is -2.11. The van der Waals surface area contributed by atoms with E-state index >= 15 is 0 Å². The summed E-state index contributed by atoms with van der Waals surface area (Å²) in [6.07, 6.45) is -1.23. The highest BCUT2D eigenvalue weighted by Crippen LogP contribution is 2.22. The van der Waals surface area contributed by atoms with Crippen molar-refractivity contribution in [1.29, 1.82) is 0 Å². The number of carbonyl (C=O) groups excluding carboxylic acids is 1. The lowest BCUT2D eigenvalue weighted by molar-refractivity contribution is -0.146. The molecular weight excluding hydrogens is 226 g/mol. The summed E-state index contributed by atoms with van der Waals surface area (Å²) in [6, 6.07) is 4.45. The second-order valence-corrected chi connectivity index (χ2v) is 3.35. The molecule has 0 amide bonds. The van der Waals surface area contributed by atoms with E-state index < -0.39 is 18.0 Å². The first-order valence-electron chi connectivity index (χ1n) is 4.83. The Morgan fingerprint density at radius 1 is 1.41 bits per heavy atom. The van der Waals surface area contributed by atoms with E-state index in [0.29, 0.717) is 5.69 Å². The first-order valence-corrected chi connectivity index (χ1v) is 4.83. The zero-order chi connectivity index (χ0) is 13.0. The maximum Gasteiger partial charge on any atom is 0.344 e. The van der Waals surface area contributed by atoms with Crippen molar-refractivity contribution in [3.63, 3.8) is 0 Å². The van der Waals surface area contributed by atoms with Crippen molar-refractivity contribution < 1.29 is 24.2 Å². The average molecular weight is 239 g/mol. The third-order valence-corrected chi connectivity index (χ3v) is 2.08. The topological polar surface area (TPSA) is 98.9 Å². The summed E-state index contributed by atoms with van der Waals surface area (Å²) in [4.78, 5) is 22.2. The van der Waals surface area contributed by atoms with Gasteiger partial charge in [0.25, 0.3) is 0 Å². The maximum atomic E-state index is 11.7. The largest absolute Gasteiger partial charge is 0.496 e. The summed E-state index contributed by atoms with van der Waals surface area (Å²) in [5.41, 5.74) is 5.99. The summed E-state index contributed by atoms with van der Waals surface area (Å²) in [6.45, 7) is 1.26. The molecule has 1 atom stereocenters. The molecule has 1 unspecified atom stereocenters. The molecule has 0 aliphatic rings. The fourth-order valence-corrected chi connectivity index (χ4v) is 1.16. The lowest BCUT2D eigenvalue weighted by atomic mass is 10.2. The van der Waals surface area contributed by atoms with Gasteiger partial charge in [0, 0.05) is 5.69 Å². The van der Waals surface area contributed by atoms with E-state index in [0.717, 1.165) is 0 Å². The zero-order valence-corrected chi connectivity index (χ0v) is 9.47. The smallest absolute Gasteiger partial charge is 0.344 e. The predicted molar refractivity (Wildman–Crippen MR) is 59.9 cm³/mol. The maximum absolute atomic E-state index is 11.7. The molecule has 6 nitrogen and oxygen atoms in total. The van der Waals surface area contributed by atoms with Crippen LogP contribution in [0.25, 0.3) is 0 Å². The number of hydrogen-bond acceptors (Lipinski definition) is 5. The van der Waals surface area contributed by atoms with Crippen LogP contribution in [0.4, 0.5) is 5.69 Å². The number of anilines is 1. The number of methoxy groups -OCH3 is 1. The van der Waals surface area contributed by atoms with Crippen LogP contribution in [-0.4, -0.2) is 30.3 Å². The number of esters is 1. The van der Waals surface area contributed by atoms with E-state index in [9.17, 15) is 9.59 Å². The van der Waals surface area contributed by atoms with Gasteiger partial charge < -0.3 is 20.3 Å². The zero-order valence-electron chi connectivity index (χ0n) is 9.47. The molecule has 0 aromatic heterocycles. The van der Waals surface area contributed by atoms with Crippen LogP contribution in [0.3, 0.4) is 0 Å². The molecule has 17 heavy (non-hydrogen) atoms. The Morgan fingerprint density at radius 3 is 2.59 bits per heavy atom. The van der Waals surface area contributed by atoms with Gasteiger partial charge in [-0.05, 0) is 25.1 Å². The first kappa shape index (κ1) is 12.8. The van der Waals surface area contributed by atoms with Crippen molar-refractivity contribution in [3.05, 3.63) is 23.8 Å². The van der Waals surface area contributed by atoms with Crippen LogP contribution >= 0.6 is 0 Å². The average Bonchev–Trinajstić information content (AvgIpc) is 2.28. The Hall–Kier alpha value is -2.24. The van der Waals surface area contributed by atoms with Crippen molar-refractivity contribution in [2.75, 3.05) is 12.8 Å². The number of carboxylic acids is 1. The molecule has 6 heteroatoms. The van der Waals surface area contributed by atoms with E-state index in [4.69, 9.17) is 20.3 Å². The number of benzene rings is 1. The fourth-order valence-electron chi connectivity index (χ4n) is 1.16. The molecule has 92 valence electrons. The summed E-state index contributed by atoms with van der Waals surface area (Å²) in [5, 5.41) is 8.63. The molecule has 0 aliphatic heterocycles. The first-order chi connectivity index (χ1) is 7.95.